The summed E-state index contributed by atoms with van der Waals surface area (Å²) in [6, 6.07) is 4.91. The Balaban J connectivity index is 1.53. The maximum atomic E-state index is 13.2. The number of carbonyl (C=O) groups is 1. The van der Waals surface area contributed by atoms with Crippen LogP contribution >= 0.6 is 0 Å². The largest absolute Gasteiger partial charge is 0.423 e. The average molecular weight is 289 g/mol. The van der Waals surface area contributed by atoms with Crippen molar-refractivity contribution in [3.8, 4) is 0 Å². The Bertz CT molecular complexity index is 704. The molecule has 0 bridgehead atoms. The highest BCUT2D eigenvalue weighted by atomic mass is 19.1. The first-order chi connectivity index (χ1) is 10.1. The fraction of sp³-hybridized carbons (Fsp3) is 0.467. The van der Waals surface area contributed by atoms with Crippen molar-refractivity contribution in [1.29, 1.82) is 0 Å². The minimum Gasteiger partial charge on any atom is -0.423 e. The summed E-state index contributed by atoms with van der Waals surface area (Å²) in [6.45, 7) is 2.40. The van der Waals surface area contributed by atoms with Crippen LogP contribution in [0, 0.1) is 11.2 Å². The third-order valence-corrected chi connectivity index (χ3v) is 4.63. The molecular formula is C15H16FN3O2. The first-order valence-electron chi connectivity index (χ1n) is 7.21. The van der Waals surface area contributed by atoms with E-state index in [9.17, 15) is 9.18 Å². The number of aromatic nitrogens is 1. The fourth-order valence-corrected chi connectivity index (χ4v) is 3.30. The van der Waals surface area contributed by atoms with Gasteiger partial charge in [0, 0.05) is 32.1 Å². The summed E-state index contributed by atoms with van der Waals surface area (Å²) in [7, 11) is 0. The predicted molar refractivity (Wildman–Crippen MR) is 75.5 cm³/mol. The molecule has 5 nitrogen and oxygen atoms in total. The Hall–Kier alpha value is -2.11. The highest BCUT2D eigenvalue weighted by molar-refractivity contribution is 5.79. The number of piperidine rings is 1. The molecule has 3 heterocycles. The number of benzene rings is 1. The van der Waals surface area contributed by atoms with Crippen LogP contribution in [0.5, 0.6) is 0 Å². The molecule has 2 aliphatic rings. The Morgan fingerprint density at radius 1 is 1.33 bits per heavy atom. The summed E-state index contributed by atoms with van der Waals surface area (Å²) >= 11 is 0. The highest BCUT2D eigenvalue weighted by Crippen LogP contribution is 2.38. The normalized spacial score (nSPS) is 21.2. The van der Waals surface area contributed by atoms with Crippen LogP contribution in [0.15, 0.2) is 22.6 Å². The van der Waals surface area contributed by atoms with Gasteiger partial charge in [-0.15, -0.1) is 0 Å². The van der Waals surface area contributed by atoms with Gasteiger partial charge in [0.05, 0.1) is 0 Å². The maximum absolute atomic E-state index is 13.2. The smallest absolute Gasteiger partial charge is 0.298 e. The first kappa shape index (κ1) is 12.6. The van der Waals surface area contributed by atoms with Gasteiger partial charge in [-0.25, -0.2) is 4.39 Å². The van der Waals surface area contributed by atoms with E-state index in [1.807, 2.05) is 0 Å². The fourth-order valence-electron chi connectivity index (χ4n) is 3.30. The van der Waals surface area contributed by atoms with Gasteiger partial charge < -0.3 is 14.6 Å². The van der Waals surface area contributed by atoms with Crippen molar-refractivity contribution >= 4 is 23.0 Å². The molecule has 0 radical (unpaired) electrons. The van der Waals surface area contributed by atoms with E-state index < -0.39 is 0 Å². The van der Waals surface area contributed by atoms with E-state index in [1.54, 1.807) is 6.07 Å². The quantitative estimate of drug-likeness (QED) is 0.873. The topological polar surface area (TPSA) is 58.4 Å². The van der Waals surface area contributed by atoms with Gasteiger partial charge >= 0.3 is 0 Å². The standard InChI is InChI=1S/C15H16FN3O2/c16-10-1-2-11-12(7-10)21-14(18-11)19-5-3-15(4-6-19)8-13(20)17-9-15/h1-2,7H,3-6,8-9H2,(H,17,20). The third-order valence-electron chi connectivity index (χ3n) is 4.63. The van der Waals surface area contributed by atoms with E-state index in [0.29, 0.717) is 23.5 Å². The molecule has 1 N–H and O–H groups in total. The van der Waals surface area contributed by atoms with Crippen molar-refractivity contribution in [2.45, 2.75) is 19.3 Å². The molecule has 21 heavy (non-hydrogen) atoms. The summed E-state index contributed by atoms with van der Waals surface area (Å²) in [5, 5.41) is 2.92. The zero-order valence-corrected chi connectivity index (χ0v) is 11.6. The van der Waals surface area contributed by atoms with E-state index in [-0.39, 0.29) is 17.1 Å². The van der Waals surface area contributed by atoms with Crippen LogP contribution in [0.3, 0.4) is 0 Å². The van der Waals surface area contributed by atoms with E-state index >= 15 is 0 Å². The Morgan fingerprint density at radius 2 is 2.14 bits per heavy atom. The van der Waals surface area contributed by atoms with E-state index in [4.69, 9.17) is 4.42 Å². The molecule has 1 amide bonds. The van der Waals surface area contributed by atoms with E-state index in [0.717, 1.165) is 32.5 Å². The summed E-state index contributed by atoms with van der Waals surface area (Å²) in [5.74, 6) is -0.167. The lowest BCUT2D eigenvalue weighted by molar-refractivity contribution is -0.119. The van der Waals surface area contributed by atoms with Gasteiger partial charge in [-0.1, -0.05) is 0 Å². The van der Waals surface area contributed by atoms with Crippen molar-refractivity contribution in [2.24, 2.45) is 5.41 Å². The number of oxazole rings is 1. The van der Waals surface area contributed by atoms with Crippen LogP contribution < -0.4 is 10.2 Å². The number of hydrogen-bond donors (Lipinski definition) is 1. The molecule has 0 atom stereocenters. The number of nitrogens with one attached hydrogen (secondary N) is 1. The number of nitrogens with zero attached hydrogens (tertiary/aromatic N) is 2. The van der Waals surface area contributed by atoms with Crippen molar-refractivity contribution in [3.05, 3.63) is 24.0 Å². The molecule has 0 saturated carbocycles. The second-order valence-corrected chi connectivity index (χ2v) is 6.05. The molecule has 2 saturated heterocycles. The van der Waals surface area contributed by atoms with Gasteiger partial charge in [-0.3, -0.25) is 4.79 Å². The lowest BCUT2D eigenvalue weighted by atomic mass is 9.78. The zero-order valence-electron chi connectivity index (χ0n) is 11.6. The van der Waals surface area contributed by atoms with E-state index in [1.165, 1.54) is 12.1 Å². The molecule has 1 aromatic carbocycles. The van der Waals surface area contributed by atoms with Crippen LogP contribution in [-0.4, -0.2) is 30.5 Å². The molecule has 0 aliphatic carbocycles. The van der Waals surface area contributed by atoms with E-state index in [2.05, 4.69) is 15.2 Å². The second kappa shape index (κ2) is 4.44. The molecule has 6 heteroatoms. The summed E-state index contributed by atoms with van der Waals surface area (Å²) in [6.07, 6.45) is 2.51. The number of hydrogen-bond acceptors (Lipinski definition) is 4. The molecule has 2 aliphatic heterocycles. The Morgan fingerprint density at radius 3 is 2.86 bits per heavy atom. The third kappa shape index (κ3) is 2.14. The van der Waals surface area contributed by atoms with Crippen LogP contribution in [0.4, 0.5) is 10.4 Å². The zero-order chi connectivity index (χ0) is 14.4. The van der Waals surface area contributed by atoms with Crippen LogP contribution in [0.2, 0.25) is 0 Å². The lowest BCUT2D eigenvalue weighted by Crippen LogP contribution is -2.41. The number of rotatable bonds is 1. The monoisotopic (exact) mass is 289 g/mol. The number of carbonyl (C=O) groups excluding carboxylic acids is 1. The summed E-state index contributed by atoms with van der Waals surface area (Å²) in [4.78, 5) is 17.9. The second-order valence-electron chi connectivity index (χ2n) is 6.05. The molecule has 2 aromatic rings. The molecule has 0 unspecified atom stereocenters. The number of halogens is 1. The van der Waals surface area contributed by atoms with Gasteiger partial charge in [0.15, 0.2) is 5.58 Å². The SMILES string of the molecule is O=C1CC2(CCN(c3nc4ccc(F)cc4o3)CC2)CN1. The molecule has 1 aromatic heterocycles. The number of anilines is 1. The molecule has 2 fully saturated rings. The average Bonchev–Trinajstić information content (AvgIpc) is 3.04. The van der Waals surface area contributed by atoms with Gasteiger partial charge in [0.25, 0.3) is 6.01 Å². The predicted octanol–water partition coefficient (Wildman–Crippen LogP) is 2.07. The van der Waals surface area contributed by atoms with Crippen molar-refractivity contribution < 1.29 is 13.6 Å². The highest BCUT2D eigenvalue weighted by Gasteiger charge is 2.41. The van der Waals surface area contributed by atoms with Crippen molar-refractivity contribution in [1.82, 2.24) is 10.3 Å². The minimum atomic E-state index is -0.321. The first-order valence-corrected chi connectivity index (χ1v) is 7.21. The molecule has 1 spiro atoms. The van der Waals surface area contributed by atoms with Crippen LogP contribution in [0.1, 0.15) is 19.3 Å². The Labute approximate surface area is 121 Å². The van der Waals surface area contributed by atoms with Gasteiger partial charge in [0.1, 0.15) is 11.3 Å². The van der Waals surface area contributed by atoms with Gasteiger partial charge in [-0.05, 0) is 30.4 Å². The van der Waals surface area contributed by atoms with Crippen LogP contribution in [-0.2, 0) is 4.79 Å². The molecular weight excluding hydrogens is 273 g/mol. The van der Waals surface area contributed by atoms with Crippen molar-refractivity contribution in [2.75, 3.05) is 24.5 Å². The minimum absolute atomic E-state index is 0.103. The number of amides is 1. The number of fused-ring (bicyclic) bond motifs is 1. The summed E-state index contributed by atoms with van der Waals surface area (Å²) < 4.78 is 18.8. The van der Waals surface area contributed by atoms with Crippen LogP contribution in [0.25, 0.3) is 11.1 Å². The Kier molecular flexibility index (Phi) is 2.67. The molecule has 110 valence electrons. The summed E-state index contributed by atoms with van der Waals surface area (Å²) in [5.41, 5.74) is 1.25. The van der Waals surface area contributed by atoms with Crippen molar-refractivity contribution in [3.63, 3.8) is 0 Å². The lowest BCUT2D eigenvalue weighted by Gasteiger charge is -2.37. The van der Waals surface area contributed by atoms with Gasteiger partial charge in [-0.2, -0.15) is 4.98 Å². The van der Waals surface area contributed by atoms with Gasteiger partial charge in [0.2, 0.25) is 5.91 Å². The molecule has 4 rings (SSSR count). The maximum Gasteiger partial charge on any atom is 0.298 e.